The molecule has 0 heterocycles. The second-order valence-corrected chi connectivity index (χ2v) is 6.44. The van der Waals surface area contributed by atoms with E-state index in [1.54, 1.807) is 0 Å². The molecule has 1 aromatic carbocycles. The molecule has 0 aromatic heterocycles. The maximum absolute atomic E-state index is 13.1. The predicted octanol–water partition coefficient (Wildman–Crippen LogP) is 4.25. The first-order chi connectivity index (χ1) is 9.34. The maximum atomic E-state index is 13.1. The summed E-state index contributed by atoms with van der Waals surface area (Å²) < 4.78 is 0. The van der Waals surface area contributed by atoms with Crippen molar-refractivity contribution in [1.82, 2.24) is 0 Å². The second kappa shape index (κ2) is 4.06. The van der Waals surface area contributed by atoms with Crippen molar-refractivity contribution in [1.29, 1.82) is 0 Å². The Labute approximate surface area is 114 Å². The van der Waals surface area contributed by atoms with Gasteiger partial charge in [-0.2, -0.15) is 0 Å². The van der Waals surface area contributed by atoms with Crippen LogP contribution < -0.4 is 0 Å². The van der Waals surface area contributed by atoms with Crippen molar-refractivity contribution in [2.24, 2.45) is 23.2 Å². The van der Waals surface area contributed by atoms with E-state index in [2.05, 4.69) is 12.2 Å². The largest absolute Gasteiger partial charge is 0.294 e. The van der Waals surface area contributed by atoms with E-state index in [4.69, 9.17) is 0 Å². The lowest BCUT2D eigenvalue weighted by Crippen LogP contribution is -2.60. The van der Waals surface area contributed by atoms with Gasteiger partial charge in [0.25, 0.3) is 0 Å². The summed E-state index contributed by atoms with van der Waals surface area (Å²) in [4.78, 5) is 13.1. The Morgan fingerprint density at radius 2 is 2.00 bits per heavy atom. The highest BCUT2D eigenvalue weighted by Crippen LogP contribution is 2.67. The number of allylic oxidation sites excluding steroid dienone is 2. The van der Waals surface area contributed by atoms with Crippen molar-refractivity contribution in [3.8, 4) is 0 Å². The van der Waals surface area contributed by atoms with Crippen LogP contribution in [0.25, 0.3) is 0 Å². The number of benzene rings is 1. The Morgan fingerprint density at radius 3 is 2.84 bits per heavy atom. The lowest BCUT2D eigenvalue weighted by Gasteiger charge is -2.60. The van der Waals surface area contributed by atoms with Crippen LogP contribution in [0.4, 0.5) is 0 Å². The van der Waals surface area contributed by atoms with Gasteiger partial charge < -0.3 is 0 Å². The lowest BCUT2D eigenvalue weighted by atomic mass is 9.41. The molecule has 0 unspecified atom stereocenters. The summed E-state index contributed by atoms with van der Waals surface area (Å²) in [5.74, 6) is 2.37. The van der Waals surface area contributed by atoms with Gasteiger partial charge in [0, 0.05) is 11.0 Å². The van der Waals surface area contributed by atoms with E-state index < -0.39 is 0 Å². The van der Waals surface area contributed by atoms with Crippen LogP contribution in [0, 0.1) is 23.2 Å². The number of carbonyl (C=O) groups excluding carboxylic acids is 1. The molecule has 0 N–H and O–H groups in total. The van der Waals surface area contributed by atoms with E-state index in [1.807, 2.05) is 30.3 Å². The van der Waals surface area contributed by atoms with Gasteiger partial charge in [-0.1, -0.05) is 55.3 Å². The first-order valence-electron chi connectivity index (χ1n) is 7.60. The molecule has 0 bridgehead atoms. The van der Waals surface area contributed by atoms with Gasteiger partial charge in [-0.25, -0.2) is 0 Å². The number of ketones is 1. The zero-order valence-corrected chi connectivity index (χ0v) is 11.2. The molecule has 0 radical (unpaired) electrons. The molecule has 98 valence electrons. The molecule has 1 heteroatoms. The molecule has 19 heavy (non-hydrogen) atoms. The van der Waals surface area contributed by atoms with E-state index >= 15 is 0 Å². The molecule has 1 nitrogen and oxygen atoms in total. The molecule has 4 rings (SSSR count). The fourth-order valence-electron chi connectivity index (χ4n) is 5.05. The summed E-state index contributed by atoms with van der Waals surface area (Å²) >= 11 is 0. The predicted molar refractivity (Wildman–Crippen MR) is 75.9 cm³/mol. The third-order valence-corrected chi connectivity index (χ3v) is 5.80. The SMILES string of the molecule is O=C(c1ccccc1)[C@]12CCCC[C@H]1[C@@H]1CC=C[C@@H]12. The molecule has 0 saturated heterocycles. The number of rotatable bonds is 2. The monoisotopic (exact) mass is 252 g/mol. The third kappa shape index (κ3) is 1.39. The molecule has 2 saturated carbocycles. The summed E-state index contributed by atoms with van der Waals surface area (Å²) in [6.45, 7) is 0. The summed E-state index contributed by atoms with van der Waals surface area (Å²) in [5.41, 5.74) is 0.880. The quantitative estimate of drug-likeness (QED) is 0.568. The number of fused-ring (bicyclic) bond motifs is 4. The van der Waals surface area contributed by atoms with Crippen LogP contribution in [-0.2, 0) is 0 Å². The minimum absolute atomic E-state index is 0.0444. The van der Waals surface area contributed by atoms with Crippen molar-refractivity contribution in [3.05, 3.63) is 48.0 Å². The molecular formula is C18H20O. The molecule has 4 atom stereocenters. The standard InChI is InChI=1S/C18H20O/c19-17(13-7-2-1-3-8-13)18-12-5-4-10-15(18)14-9-6-11-16(14)18/h1-3,6-8,11,14-16H,4-5,9-10,12H2/t14-,15-,16-,18+/m0/s1. The van der Waals surface area contributed by atoms with Crippen LogP contribution in [0.1, 0.15) is 42.5 Å². The van der Waals surface area contributed by atoms with Gasteiger partial charge in [-0.05, 0) is 37.0 Å². The van der Waals surface area contributed by atoms with Crippen LogP contribution in [0.15, 0.2) is 42.5 Å². The van der Waals surface area contributed by atoms with E-state index in [0.29, 0.717) is 17.6 Å². The Morgan fingerprint density at radius 1 is 1.16 bits per heavy atom. The van der Waals surface area contributed by atoms with Gasteiger partial charge in [0.15, 0.2) is 5.78 Å². The Hall–Kier alpha value is -1.37. The van der Waals surface area contributed by atoms with Crippen LogP contribution >= 0.6 is 0 Å². The summed E-state index contributed by atoms with van der Waals surface area (Å²) in [6.07, 6.45) is 10.8. The number of hydrogen-bond acceptors (Lipinski definition) is 1. The topological polar surface area (TPSA) is 17.1 Å². The minimum Gasteiger partial charge on any atom is -0.294 e. The highest BCUT2D eigenvalue weighted by molar-refractivity contribution is 6.02. The highest BCUT2D eigenvalue weighted by atomic mass is 16.1. The highest BCUT2D eigenvalue weighted by Gasteiger charge is 2.65. The smallest absolute Gasteiger partial charge is 0.169 e. The maximum Gasteiger partial charge on any atom is 0.169 e. The minimum atomic E-state index is -0.0444. The molecule has 0 aliphatic heterocycles. The van der Waals surface area contributed by atoms with Crippen LogP contribution in [-0.4, -0.2) is 5.78 Å². The average Bonchev–Trinajstić information content (AvgIpc) is 2.90. The van der Waals surface area contributed by atoms with Crippen molar-refractivity contribution in [3.63, 3.8) is 0 Å². The van der Waals surface area contributed by atoms with Gasteiger partial charge in [0.1, 0.15) is 0 Å². The molecule has 2 fully saturated rings. The van der Waals surface area contributed by atoms with Crippen LogP contribution in [0.2, 0.25) is 0 Å². The Kier molecular flexibility index (Phi) is 2.45. The van der Waals surface area contributed by atoms with Crippen molar-refractivity contribution in [2.75, 3.05) is 0 Å². The van der Waals surface area contributed by atoms with Crippen molar-refractivity contribution in [2.45, 2.75) is 32.1 Å². The molecule has 3 aliphatic carbocycles. The van der Waals surface area contributed by atoms with E-state index in [1.165, 1.54) is 25.7 Å². The van der Waals surface area contributed by atoms with Crippen molar-refractivity contribution >= 4 is 5.78 Å². The number of Topliss-reactive ketones (excluding diaryl/α,β-unsaturated/α-hetero) is 1. The van der Waals surface area contributed by atoms with Gasteiger partial charge in [0.05, 0.1) is 0 Å². The molecule has 0 spiro atoms. The van der Waals surface area contributed by atoms with Gasteiger partial charge in [-0.15, -0.1) is 0 Å². The van der Waals surface area contributed by atoms with Crippen molar-refractivity contribution < 1.29 is 4.79 Å². The lowest BCUT2D eigenvalue weighted by molar-refractivity contribution is -0.0866. The van der Waals surface area contributed by atoms with Gasteiger partial charge in [-0.3, -0.25) is 4.79 Å². The summed E-state index contributed by atoms with van der Waals surface area (Å²) in [5, 5.41) is 0. The fraction of sp³-hybridized carbons (Fsp3) is 0.500. The first-order valence-corrected chi connectivity index (χ1v) is 7.60. The van der Waals surface area contributed by atoms with Crippen LogP contribution in [0.3, 0.4) is 0 Å². The zero-order chi connectivity index (χ0) is 12.9. The number of carbonyl (C=O) groups is 1. The second-order valence-electron chi connectivity index (χ2n) is 6.44. The third-order valence-electron chi connectivity index (χ3n) is 5.80. The average molecular weight is 252 g/mol. The summed E-state index contributed by atoms with van der Waals surface area (Å²) in [6, 6.07) is 9.96. The number of hydrogen-bond donors (Lipinski definition) is 0. The van der Waals surface area contributed by atoms with E-state index in [9.17, 15) is 4.79 Å². The van der Waals surface area contributed by atoms with Crippen LogP contribution in [0.5, 0.6) is 0 Å². The Balaban J connectivity index is 1.74. The van der Waals surface area contributed by atoms with E-state index in [0.717, 1.165) is 17.9 Å². The fourth-order valence-corrected chi connectivity index (χ4v) is 5.05. The summed E-state index contributed by atoms with van der Waals surface area (Å²) in [7, 11) is 0. The normalized spacial score (nSPS) is 39.3. The first kappa shape index (κ1) is 11.5. The molecule has 1 aromatic rings. The van der Waals surface area contributed by atoms with Gasteiger partial charge >= 0.3 is 0 Å². The molecule has 3 aliphatic rings. The Bertz CT molecular complexity index is 530. The molecular weight excluding hydrogens is 232 g/mol. The van der Waals surface area contributed by atoms with Gasteiger partial charge in [0.2, 0.25) is 0 Å². The zero-order valence-electron chi connectivity index (χ0n) is 11.2. The van der Waals surface area contributed by atoms with E-state index in [-0.39, 0.29) is 5.41 Å². The molecule has 0 amide bonds.